The average molecular weight is 247 g/mol. The minimum atomic E-state index is -0.434. The normalized spacial score (nSPS) is 10.3. The fraction of sp³-hybridized carbons (Fsp3) is 0.250. The van der Waals surface area contributed by atoms with Gasteiger partial charge in [-0.3, -0.25) is 14.8 Å². The number of nitro groups is 1. The maximum Gasteiger partial charge on any atom is 0.269 e. The Morgan fingerprint density at radius 3 is 2.67 bits per heavy atom. The summed E-state index contributed by atoms with van der Waals surface area (Å²) in [5, 5.41) is 14.6. The van der Waals surface area contributed by atoms with E-state index in [1.54, 1.807) is 23.0 Å². The molecule has 1 heterocycles. The lowest BCUT2D eigenvalue weighted by atomic mass is 10.3. The number of nitro benzene ring substituents is 1. The van der Waals surface area contributed by atoms with Crippen molar-refractivity contribution in [3.05, 3.63) is 52.3 Å². The van der Waals surface area contributed by atoms with Crippen LogP contribution in [0.3, 0.4) is 0 Å². The van der Waals surface area contributed by atoms with E-state index in [0.717, 1.165) is 5.56 Å². The van der Waals surface area contributed by atoms with Crippen molar-refractivity contribution in [3.8, 4) is 5.75 Å². The van der Waals surface area contributed by atoms with Crippen molar-refractivity contribution < 1.29 is 9.66 Å². The van der Waals surface area contributed by atoms with E-state index < -0.39 is 4.92 Å². The lowest BCUT2D eigenvalue weighted by Gasteiger charge is -2.05. The molecule has 94 valence electrons. The quantitative estimate of drug-likeness (QED) is 0.599. The van der Waals surface area contributed by atoms with Crippen molar-refractivity contribution in [2.24, 2.45) is 0 Å². The predicted molar refractivity (Wildman–Crippen MR) is 65.6 cm³/mol. The molecule has 2 aromatic rings. The number of hydrogen-bond donors (Lipinski definition) is 0. The number of rotatable bonds is 5. The summed E-state index contributed by atoms with van der Waals surface area (Å²) in [6, 6.07) is 6.03. The van der Waals surface area contributed by atoms with Gasteiger partial charge in [-0.25, -0.2) is 0 Å². The van der Waals surface area contributed by atoms with E-state index in [2.05, 4.69) is 5.10 Å². The Bertz CT molecular complexity index is 534. The highest BCUT2D eigenvalue weighted by Crippen LogP contribution is 2.17. The zero-order valence-electron chi connectivity index (χ0n) is 9.94. The average Bonchev–Trinajstić information content (AvgIpc) is 2.76. The van der Waals surface area contributed by atoms with Crippen LogP contribution in [-0.2, 0) is 6.54 Å². The molecule has 0 radical (unpaired) electrons. The lowest BCUT2D eigenvalue weighted by Crippen LogP contribution is -2.08. The van der Waals surface area contributed by atoms with Crippen molar-refractivity contribution in [1.82, 2.24) is 9.78 Å². The highest BCUT2D eigenvalue weighted by molar-refractivity contribution is 5.35. The zero-order valence-corrected chi connectivity index (χ0v) is 9.94. The summed E-state index contributed by atoms with van der Waals surface area (Å²) in [6.45, 7) is 3.09. The molecule has 2 rings (SSSR count). The summed E-state index contributed by atoms with van der Waals surface area (Å²) >= 11 is 0. The van der Waals surface area contributed by atoms with Gasteiger partial charge in [0.1, 0.15) is 12.4 Å². The van der Waals surface area contributed by atoms with Crippen LogP contribution in [0, 0.1) is 17.0 Å². The number of aromatic nitrogens is 2. The first-order chi connectivity index (χ1) is 8.65. The van der Waals surface area contributed by atoms with E-state index in [9.17, 15) is 10.1 Å². The van der Waals surface area contributed by atoms with Gasteiger partial charge in [-0.05, 0) is 24.6 Å². The molecule has 6 nitrogen and oxygen atoms in total. The van der Waals surface area contributed by atoms with Gasteiger partial charge < -0.3 is 4.74 Å². The molecule has 0 bridgehead atoms. The van der Waals surface area contributed by atoms with Crippen molar-refractivity contribution in [2.75, 3.05) is 6.61 Å². The monoisotopic (exact) mass is 247 g/mol. The second-order valence-electron chi connectivity index (χ2n) is 3.88. The van der Waals surface area contributed by atoms with Crippen LogP contribution in [0.2, 0.25) is 0 Å². The number of non-ortho nitro benzene ring substituents is 1. The van der Waals surface area contributed by atoms with E-state index >= 15 is 0 Å². The topological polar surface area (TPSA) is 70.2 Å². The third kappa shape index (κ3) is 3.07. The van der Waals surface area contributed by atoms with Gasteiger partial charge in [0.05, 0.1) is 17.7 Å². The van der Waals surface area contributed by atoms with Crippen LogP contribution in [0.1, 0.15) is 5.56 Å². The number of benzene rings is 1. The molecular formula is C12H13N3O3. The van der Waals surface area contributed by atoms with E-state index in [1.165, 1.54) is 12.1 Å². The molecule has 0 aliphatic carbocycles. The van der Waals surface area contributed by atoms with Crippen LogP contribution in [0.4, 0.5) is 5.69 Å². The molecule has 0 saturated heterocycles. The largest absolute Gasteiger partial charge is 0.492 e. The maximum absolute atomic E-state index is 10.5. The van der Waals surface area contributed by atoms with Gasteiger partial charge in [-0.1, -0.05) is 0 Å². The van der Waals surface area contributed by atoms with E-state index in [-0.39, 0.29) is 5.69 Å². The Labute approximate surface area is 104 Å². The summed E-state index contributed by atoms with van der Waals surface area (Å²) in [4.78, 5) is 10.0. The van der Waals surface area contributed by atoms with Crippen LogP contribution in [0.5, 0.6) is 5.75 Å². The van der Waals surface area contributed by atoms with Crippen LogP contribution >= 0.6 is 0 Å². The van der Waals surface area contributed by atoms with Crippen molar-refractivity contribution in [2.45, 2.75) is 13.5 Å². The number of ether oxygens (including phenoxy) is 1. The first-order valence-electron chi connectivity index (χ1n) is 5.51. The molecule has 0 aliphatic heterocycles. The Balaban J connectivity index is 1.85. The summed E-state index contributed by atoms with van der Waals surface area (Å²) in [6.07, 6.45) is 3.71. The minimum Gasteiger partial charge on any atom is -0.492 e. The lowest BCUT2D eigenvalue weighted by molar-refractivity contribution is -0.384. The Hall–Kier alpha value is -2.37. The molecule has 1 aromatic heterocycles. The summed E-state index contributed by atoms with van der Waals surface area (Å²) < 4.78 is 7.26. The van der Waals surface area contributed by atoms with Crippen LogP contribution < -0.4 is 4.74 Å². The molecule has 0 unspecified atom stereocenters. The van der Waals surface area contributed by atoms with Gasteiger partial charge in [-0.2, -0.15) is 5.10 Å². The van der Waals surface area contributed by atoms with Gasteiger partial charge in [0.15, 0.2) is 0 Å². The molecule has 0 spiro atoms. The molecular weight excluding hydrogens is 234 g/mol. The zero-order chi connectivity index (χ0) is 13.0. The van der Waals surface area contributed by atoms with Crippen molar-refractivity contribution in [3.63, 3.8) is 0 Å². The minimum absolute atomic E-state index is 0.0602. The fourth-order valence-corrected chi connectivity index (χ4v) is 1.51. The third-order valence-electron chi connectivity index (χ3n) is 2.40. The van der Waals surface area contributed by atoms with Crippen molar-refractivity contribution in [1.29, 1.82) is 0 Å². The van der Waals surface area contributed by atoms with Crippen molar-refractivity contribution >= 4 is 5.69 Å². The standard InChI is InChI=1S/C12H13N3O3/c1-10-8-13-14(9-10)6-7-18-12-4-2-11(3-5-12)15(16)17/h2-5,8-9H,6-7H2,1H3. The molecule has 6 heteroatoms. The van der Waals surface area contributed by atoms with Gasteiger partial charge >= 0.3 is 0 Å². The van der Waals surface area contributed by atoms with Crippen LogP contribution in [0.25, 0.3) is 0 Å². The first-order valence-corrected chi connectivity index (χ1v) is 5.51. The predicted octanol–water partition coefficient (Wildman–Crippen LogP) is 2.18. The summed E-state index contributed by atoms with van der Waals surface area (Å²) in [7, 11) is 0. The Kier molecular flexibility index (Phi) is 3.57. The smallest absolute Gasteiger partial charge is 0.269 e. The molecule has 0 atom stereocenters. The third-order valence-corrected chi connectivity index (χ3v) is 2.40. The van der Waals surface area contributed by atoms with Gasteiger partial charge in [-0.15, -0.1) is 0 Å². The highest BCUT2D eigenvalue weighted by atomic mass is 16.6. The summed E-state index contributed by atoms with van der Waals surface area (Å²) in [5.41, 5.74) is 1.16. The van der Waals surface area contributed by atoms with E-state index in [1.807, 2.05) is 13.1 Å². The molecule has 0 amide bonds. The Morgan fingerprint density at radius 1 is 1.39 bits per heavy atom. The Morgan fingerprint density at radius 2 is 2.11 bits per heavy atom. The molecule has 1 aromatic carbocycles. The molecule has 18 heavy (non-hydrogen) atoms. The molecule has 0 aliphatic rings. The molecule has 0 saturated carbocycles. The van der Waals surface area contributed by atoms with Gasteiger partial charge in [0, 0.05) is 18.3 Å². The second kappa shape index (κ2) is 5.31. The molecule has 0 fully saturated rings. The number of aryl methyl sites for hydroxylation is 1. The number of nitrogens with zero attached hydrogens (tertiary/aromatic N) is 3. The second-order valence-corrected chi connectivity index (χ2v) is 3.88. The van der Waals surface area contributed by atoms with E-state index in [4.69, 9.17) is 4.74 Å². The maximum atomic E-state index is 10.5. The van der Waals surface area contributed by atoms with Crippen LogP contribution in [-0.4, -0.2) is 21.3 Å². The van der Waals surface area contributed by atoms with Gasteiger partial charge in [0.2, 0.25) is 0 Å². The summed E-state index contributed by atoms with van der Waals surface area (Å²) in [5.74, 6) is 0.615. The van der Waals surface area contributed by atoms with E-state index in [0.29, 0.717) is 18.9 Å². The van der Waals surface area contributed by atoms with Gasteiger partial charge in [0.25, 0.3) is 5.69 Å². The SMILES string of the molecule is Cc1cnn(CCOc2ccc([N+](=O)[O-])cc2)c1. The molecule has 0 N–H and O–H groups in total. The first kappa shape index (κ1) is 12.1. The van der Waals surface area contributed by atoms with Crippen LogP contribution in [0.15, 0.2) is 36.7 Å². The highest BCUT2D eigenvalue weighted by Gasteiger charge is 2.04. The number of hydrogen-bond acceptors (Lipinski definition) is 4. The fourth-order valence-electron chi connectivity index (χ4n) is 1.51.